The average molecular weight is 401 g/mol. The van der Waals surface area contributed by atoms with E-state index in [0.717, 1.165) is 30.5 Å². The van der Waals surface area contributed by atoms with Crippen LogP contribution < -0.4 is 10.2 Å². The number of carboxylic acids is 2. The van der Waals surface area contributed by atoms with Crippen LogP contribution in [0.4, 0.5) is 17.1 Å². The Bertz CT molecular complexity index is 864. The van der Waals surface area contributed by atoms with Crippen molar-refractivity contribution in [3.8, 4) is 0 Å². The van der Waals surface area contributed by atoms with Gasteiger partial charge < -0.3 is 20.4 Å². The number of piperidine rings is 1. The number of carbonyl (C=O) groups is 2. The molecule has 1 heterocycles. The fourth-order valence-corrected chi connectivity index (χ4v) is 3.03. The zero-order chi connectivity index (χ0) is 21.4. The molecule has 0 saturated carbocycles. The SMILES string of the molecule is CNc1cc([N+](=O)[O-])ccc1N1CCCCC1.O=C(O)c1cccc(C(=O)O)c1. The van der Waals surface area contributed by atoms with E-state index in [0.29, 0.717) is 0 Å². The van der Waals surface area contributed by atoms with E-state index >= 15 is 0 Å². The van der Waals surface area contributed by atoms with Crippen LogP contribution in [0.25, 0.3) is 0 Å². The molecule has 1 fully saturated rings. The van der Waals surface area contributed by atoms with Crippen LogP contribution in [0.3, 0.4) is 0 Å². The summed E-state index contributed by atoms with van der Waals surface area (Å²) in [5.41, 5.74) is 2.00. The van der Waals surface area contributed by atoms with E-state index in [1.54, 1.807) is 19.2 Å². The number of carboxylic acid groups (broad SMARTS) is 2. The molecule has 1 aliphatic heterocycles. The Kier molecular flexibility index (Phi) is 7.53. The van der Waals surface area contributed by atoms with Gasteiger partial charge in [0.2, 0.25) is 0 Å². The maximum absolute atomic E-state index is 10.7. The van der Waals surface area contributed by atoms with Gasteiger partial charge in [-0.1, -0.05) is 6.07 Å². The number of anilines is 2. The Balaban J connectivity index is 0.000000221. The molecule has 0 bridgehead atoms. The Morgan fingerprint density at radius 2 is 1.59 bits per heavy atom. The molecule has 154 valence electrons. The molecule has 0 aromatic heterocycles. The second kappa shape index (κ2) is 10.1. The second-order valence-corrected chi connectivity index (χ2v) is 6.45. The van der Waals surface area contributed by atoms with Crippen molar-refractivity contribution >= 4 is 29.0 Å². The van der Waals surface area contributed by atoms with Crippen molar-refractivity contribution in [3.05, 3.63) is 63.7 Å². The normalized spacial score (nSPS) is 13.1. The fourth-order valence-electron chi connectivity index (χ4n) is 3.03. The molecule has 29 heavy (non-hydrogen) atoms. The highest BCUT2D eigenvalue weighted by molar-refractivity contribution is 5.93. The van der Waals surface area contributed by atoms with E-state index in [2.05, 4.69) is 10.2 Å². The summed E-state index contributed by atoms with van der Waals surface area (Å²) in [6.45, 7) is 2.07. The van der Waals surface area contributed by atoms with Gasteiger partial charge in [-0.3, -0.25) is 10.1 Å². The lowest BCUT2D eigenvalue weighted by Crippen LogP contribution is -2.29. The molecule has 0 atom stereocenters. The quantitative estimate of drug-likeness (QED) is 0.510. The van der Waals surface area contributed by atoms with Gasteiger partial charge in [-0.25, -0.2) is 9.59 Å². The minimum atomic E-state index is -1.13. The van der Waals surface area contributed by atoms with Crippen molar-refractivity contribution in [3.63, 3.8) is 0 Å². The van der Waals surface area contributed by atoms with Gasteiger partial charge in [-0.2, -0.15) is 0 Å². The van der Waals surface area contributed by atoms with E-state index in [9.17, 15) is 19.7 Å². The summed E-state index contributed by atoms with van der Waals surface area (Å²) < 4.78 is 0. The summed E-state index contributed by atoms with van der Waals surface area (Å²) in [5.74, 6) is -2.25. The van der Waals surface area contributed by atoms with Crippen molar-refractivity contribution in [1.29, 1.82) is 0 Å². The van der Waals surface area contributed by atoms with Gasteiger partial charge in [-0.05, 0) is 43.5 Å². The van der Waals surface area contributed by atoms with Gasteiger partial charge in [0, 0.05) is 32.3 Å². The molecule has 2 aromatic rings. The number of hydrogen-bond acceptors (Lipinski definition) is 6. The molecule has 3 rings (SSSR count). The van der Waals surface area contributed by atoms with Crippen LogP contribution in [0, 0.1) is 10.1 Å². The number of benzene rings is 2. The van der Waals surface area contributed by atoms with Crippen LogP contribution in [0.5, 0.6) is 0 Å². The third-order valence-corrected chi connectivity index (χ3v) is 4.51. The summed E-state index contributed by atoms with van der Waals surface area (Å²) >= 11 is 0. The first-order chi connectivity index (χ1) is 13.8. The predicted molar refractivity (Wildman–Crippen MR) is 109 cm³/mol. The predicted octanol–water partition coefficient (Wildman–Crippen LogP) is 3.71. The standard InChI is InChI=1S/C12H17N3O2.C8H6O4/c1-13-11-9-10(15(16)17)5-6-12(11)14-7-3-2-4-8-14;9-7(10)5-2-1-3-6(4-5)8(11)12/h5-6,9,13H,2-4,7-8H2,1H3;1-4H,(H,9,10)(H,11,12). The zero-order valence-corrected chi connectivity index (χ0v) is 16.0. The third kappa shape index (κ3) is 5.93. The van der Waals surface area contributed by atoms with Gasteiger partial charge >= 0.3 is 11.9 Å². The van der Waals surface area contributed by atoms with Gasteiger partial charge in [0.15, 0.2) is 0 Å². The molecule has 2 aromatic carbocycles. The van der Waals surface area contributed by atoms with E-state index < -0.39 is 11.9 Å². The van der Waals surface area contributed by atoms with Crippen molar-refractivity contribution < 1.29 is 24.7 Å². The topological polar surface area (TPSA) is 133 Å². The number of nitro groups is 1. The van der Waals surface area contributed by atoms with E-state index in [4.69, 9.17) is 10.2 Å². The zero-order valence-electron chi connectivity index (χ0n) is 16.0. The summed E-state index contributed by atoms with van der Waals surface area (Å²) in [4.78, 5) is 33.4. The largest absolute Gasteiger partial charge is 0.478 e. The minimum Gasteiger partial charge on any atom is -0.478 e. The Labute approximate surface area is 167 Å². The summed E-state index contributed by atoms with van der Waals surface area (Å²) in [5, 5.41) is 30.8. The summed E-state index contributed by atoms with van der Waals surface area (Å²) in [6.07, 6.45) is 3.67. The van der Waals surface area contributed by atoms with Crippen LogP contribution in [-0.2, 0) is 0 Å². The lowest BCUT2D eigenvalue weighted by Gasteiger charge is -2.30. The number of nitrogens with one attached hydrogen (secondary N) is 1. The number of non-ortho nitro benzene ring substituents is 1. The molecule has 0 aliphatic carbocycles. The molecule has 1 saturated heterocycles. The van der Waals surface area contributed by atoms with Crippen molar-refractivity contribution in [2.75, 3.05) is 30.4 Å². The van der Waals surface area contributed by atoms with Crippen molar-refractivity contribution in [2.24, 2.45) is 0 Å². The monoisotopic (exact) mass is 401 g/mol. The number of rotatable bonds is 5. The number of nitro benzene ring substituents is 1. The van der Waals surface area contributed by atoms with Gasteiger partial charge in [0.1, 0.15) is 0 Å². The maximum atomic E-state index is 10.7. The first-order valence-electron chi connectivity index (χ1n) is 9.11. The number of aromatic carboxylic acids is 2. The summed E-state index contributed by atoms with van der Waals surface area (Å²) in [6, 6.07) is 10.2. The highest BCUT2D eigenvalue weighted by Gasteiger charge is 2.16. The van der Waals surface area contributed by atoms with Crippen molar-refractivity contribution in [2.45, 2.75) is 19.3 Å². The van der Waals surface area contributed by atoms with Gasteiger partial charge in [-0.15, -0.1) is 0 Å². The van der Waals surface area contributed by atoms with Crippen LogP contribution >= 0.6 is 0 Å². The molecule has 0 amide bonds. The Hall–Kier alpha value is -3.62. The van der Waals surface area contributed by atoms with Gasteiger partial charge in [0.05, 0.1) is 27.4 Å². The maximum Gasteiger partial charge on any atom is 0.335 e. The van der Waals surface area contributed by atoms with Crippen LogP contribution in [-0.4, -0.2) is 47.2 Å². The smallest absolute Gasteiger partial charge is 0.335 e. The van der Waals surface area contributed by atoms with E-state index in [-0.39, 0.29) is 21.7 Å². The lowest BCUT2D eigenvalue weighted by atomic mass is 10.1. The first kappa shape index (κ1) is 21.7. The van der Waals surface area contributed by atoms with E-state index in [1.807, 2.05) is 6.07 Å². The van der Waals surface area contributed by atoms with Crippen LogP contribution in [0.15, 0.2) is 42.5 Å². The van der Waals surface area contributed by atoms with Crippen LogP contribution in [0.2, 0.25) is 0 Å². The lowest BCUT2D eigenvalue weighted by molar-refractivity contribution is -0.384. The molecule has 9 nitrogen and oxygen atoms in total. The Morgan fingerprint density at radius 3 is 2.07 bits per heavy atom. The summed E-state index contributed by atoms with van der Waals surface area (Å²) in [7, 11) is 1.80. The molecule has 0 unspecified atom stereocenters. The second-order valence-electron chi connectivity index (χ2n) is 6.45. The highest BCUT2D eigenvalue weighted by atomic mass is 16.6. The molecular formula is C20H23N3O6. The van der Waals surface area contributed by atoms with Crippen molar-refractivity contribution in [1.82, 2.24) is 0 Å². The molecule has 3 N–H and O–H groups in total. The van der Waals surface area contributed by atoms with E-state index in [1.165, 1.54) is 37.5 Å². The molecule has 0 radical (unpaired) electrons. The highest BCUT2D eigenvalue weighted by Crippen LogP contribution is 2.31. The fraction of sp³-hybridized carbons (Fsp3) is 0.300. The third-order valence-electron chi connectivity index (χ3n) is 4.51. The van der Waals surface area contributed by atoms with Gasteiger partial charge in [0.25, 0.3) is 5.69 Å². The molecule has 1 aliphatic rings. The molecule has 9 heteroatoms. The average Bonchev–Trinajstić information content (AvgIpc) is 2.74. The number of nitrogens with zero attached hydrogens (tertiary/aromatic N) is 2. The molecular weight excluding hydrogens is 378 g/mol. The minimum absolute atomic E-state index is 0.0186. The number of hydrogen-bond donors (Lipinski definition) is 3. The molecule has 0 spiro atoms. The Morgan fingerprint density at radius 1 is 1.00 bits per heavy atom. The first-order valence-corrected chi connectivity index (χ1v) is 9.11. The van der Waals surface area contributed by atoms with Crippen LogP contribution in [0.1, 0.15) is 40.0 Å².